The Hall–Kier alpha value is -2.77. The van der Waals surface area contributed by atoms with Crippen LogP contribution in [0.1, 0.15) is 41.5 Å². The summed E-state index contributed by atoms with van der Waals surface area (Å²) in [5, 5.41) is 12.0. The maximum atomic E-state index is 11.9. The van der Waals surface area contributed by atoms with Gasteiger partial charge in [-0.05, 0) is 26.8 Å². The van der Waals surface area contributed by atoms with Crippen LogP contribution in [-0.2, 0) is 14.2 Å². The van der Waals surface area contributed by atoms with E-state index in [-0.39, 0.29) is 22.6 Å². The van der Waals surface area contributed by atoms with Crippen molar-refractivity contribution in [2.24, 2.45) is 0 Å². The second-order valence-electron chi connectivity index (χ2n) is 5.53. The van der Waals surface area contributed by atoms with Crippen LogP contribution in [0.5, 0.6) is 5.75 Å². The van der Waals surface area contributed by atoms with Crippen molar-refractivity contribution in [3.8, 4) is 5.75 Å². The minimum Gasteiger partial charge on any atom is -0.508 e. The molecule has 0 fully saturated rings. The second kappa shape index (κ2) is 6.99. The lowest BCUT2D eigenvalue weighted by molar-refractivity contribution is 0.0554. The van der Waals surface area contributed by atoms with E-state index in [2.05, 4.69) is 14.8 Å². The molecule has 1 amide bonds. The number of hydrogen-bond donors (Lipinski definition) is 2. The molecule has 1 aromatic rings. The van der Waals surface area contributed by atoms with E-state index in [9.17, 15) is 19.5 Å². The highest BCUT2D eigenvalue weighted by Gasteiger charge is 2.26. The van der Waals surface area contributed by atoms with Crippen LogP contribution in [-0.4, -0.2) is 43.0 Å². The Labute approximate surface area is 133 Å². The monoisotopic (exact) mass is 325 g/mol. The molecule has 8 nitrogen and oxygen atoms in total. The van der Waals surface area contributed by atoms with Gasteiger partial charge in [0.15, 0.2) is 0 Å². The van der Waals surface area contributed by atoms with Gasteiger partial charge in [-0.15, -0.1) is 0 Å². The molecule has 1 rings (SSSR count). The number of carbonyl (C=O) groups excluding carboxylic acids is 3. The Kier molecular flexibility index (Phi) is 5.56. The van der Waals surface area contributed by atoms with Crippen molar-refractivity contribution < 1.29 is 33.7 Å². The van der Waals surface area contributed by atoms with Gasteiger partial charge in [0, 0.05) is 6.07 Å². The Morgan fingerprint density at radius 3 is 2.09 bits per heavy atom. The Bertz CT molecular complexity index is 631. The number of methoxy groups -OCH3 is 2. The predicted octanol–water partition coefficient (Wildman–Crippen LogP) is 2.31. The lowest BCUT2D eigenvalue weighted by atomic mass is 10.0. The summed E-state index contributed by atoms with van der Waals surface area (Å²) in [7, 11) is 2.24. The van der Waals surface area contributed by atoms with Crippen molar-refractivity contribution in [3.63, 3.8) is 0 Å². The number of benzene rings is 1. The highest BCUT2D eigenvalue weighted by Crippen LogP contribution is 2.28. The van der Waals surface area contributed by atoms with E-state index in [1.54, 1.807) is 20.8 Å². The van der Waals surface area contributed by atoms with Crippen LogP contribution in [0.4, 0.5) is 10.5 Å². The third-order valence-electron chi connectivity index (χ3n) is 2.55. The molecule has 0 saturated carbocycles. The number of aromatic hydroxyl groups is 1. The van der Waals surface area contributed by atoms with E-state index in [4.69, 9.17) is 4.74 Å². The highest BCUT2D eigenvalue weighted by molar-refractivity contribution is 6.09. The number of anilines is 1. The standard InChI is InChI=1S/C15H19NO7/c1-15(2,3)23-14(20)16-10-7-8(17)6-9(12(18)21-4)11(10)13(19)22-5/h6-7,17H,1-5H3,(H,16,20). The summed E-state index contributed by atoms with van der Waals surface area (Å²) in [6.07, 6.45) is -0.857. The molecule has 0 aliphatic carbocycles. The lowest BCUT2D eigenvalue weighted by Gasteiger charge is -2.20. The summed E-state index contributed by atoms with van der Waals surface area (Å²) in [6, 6.07) is 2.14. The fourth-order valence-electron chi connectivity index (χ4n) is 1.73. The molecule has 0 aliphatic heterocycles. The number of hydrogen-bond acceptors (Lipinski definition) is 7. The average Bonchev–Trinajstić information content (AvgIpc) is 2.42. The molecule has 0 spiro atoms. The zero-order valence-electron chi connectivity index (χ0n) is 13.6. The molecule has 0 heterocycles. The summed E-state index contributed by atoms with van der Waals surface area (Å²) in [5.41, 5.74) is -1.39. The summed E-state index contributed by atoms with van der Waals surface area (Å²) in [4.78, 5) is 35.6. The van der Waals surface area contributed by atoms with Crippen LogP contribution >= 0.6 is 0 Å². The second-order valence-corrected chi connectivity index (χ2v) is 5.53. The van der Waals surface area contributed by atoms with Crippen LogP contribution in [0.2, 0.25) is 0 Å². The molecular weight excluding hydrogens is 306 g/mol. The van der Waals surface area contributed by atoms with Gasteiger partial charge >= 0.3 is 18.0 Å². The first kappa shape index (κ1) is 18.3. The van der Waals surface area contributed by atoms with Gasteiger partial charge in [0.2, 0.25) is 0 Å². The number of amides is 1. The predicted molar refractivity (Wildman–Crippen MR) is 80.6 cm³/mol. The largest absolute Gasteiger partial charge is 0.508 e. The van der Waals surface area contributed by atoms with Gasteiger partial charge in [0.1, 0.15) is 11.4 Å². The molecule has 0 aliphatic rings. The van der Waals surface area contributed by atoms with E-state index in [0.717, 1.165) is 26.4 Å². The maximum absolute atomic E-state index is 11.9. The third kappa shape index (κ3) is 4.87. The highest BCUT2D eigenvalue weighted by atomic mass is 16.6. The topological polar surface area (TPSA) is 111 Å². The van der Waals surface area contributed by atoms with Gasteiger partial charge in [0.05, 0.1) is 31.0 Å². The van der Waals surface area contributed by atoms with Gasteiger partial charge in [-0.2, -0.15) is 0 Å². The Balaban J connectivity index is 3.35. The number of carbonyl (C=O) groups is 3. The SMILES string of the molecule is COC(=O)c1cc(O)cc(NC(=O)OC(C)(C)C)c1C(=O)OC. The first-order valence-corrected chi connectivity index (χ1v) is 6.62. The van der Waals surface area contributed by atoms with Crippen molar-refractivity contribution in [3.05, 3.63) is 23.3 Å². The van der Waals surface area contributed by atoms with Gasteiger partial charge in [-0.25, -0.2) is 14.4 Å². The molecule has 23 heavy (non-hydrogen) atoms. The quantitative estimate of drug-likeness (QED) is 0.648. The molecule has 0 unspecified atom stereocenters. The molecular formula is C15H19NO7. The van der Waals surface area contributed by atoms with Crippen LogP contribution in [0.25, 0.3) is 0 Å². The minimum absolute atomic E-state index is 0.133. The molecule has 8 heteroatoms. The maximum Gasteiger partial charge on any atom is 0.412 e. The number of phenols is 1. The van der Waals surface area contributed by atoms with Crippen molar-refractivity contribution in [1.82, 2.24) is 0 Å². The number of rotatable bonds is 3. The zero-order valence-corrected chi connectivity index (χ0v) is 13.6. The van der Waals surface area contributed by atoms with Gasteiger partial charge in [0.25, 0.3) is 0 Å². The molecule has 0 bridgehead atoms. The number of phenolic OH excluding ortho intramolecular Hbond substituents is 1. The van der Waals surface area contributed by atoms with Gasteiger partial charge < -0.3 is 19.3 Å². The van der Waals surface area contributed by atoms with Crippen LogP contribution in [0.15, 0.2) is 12.1 Å². The minimum atomic E-state index is -0.878. The summed E-state index contributed by atoms with van der Waals surface area (Å²) < 4.78 is 14.3. The van der Waals surface area contributed by atoms with E-state index >= 15 is 0 Å². The fraction of sp³-hybridized carbons (Fsp3) is 0.400. The van der Waals surface area contributed by atoms with Crippen molar-refractivity contribution in [2.45, 2.75) is 26.4 Å². The molecule has 0 radical (unpaired) electrons. The van der Waals surface area contributed by atoms with Crippen LogP contribution in [0.3, 0.4) is 0 Å². The lowest BCUT2D eigenvalue weighted by Crippen LogP contribution is -2.28. The summed E-state index contributed by atoms with van der Waals surface area (Å²) >= 11 is 0. The first-order chi connectivity index (χ1) is 10.6. The normalized spacial score (nSPS) is 10.7. The zero-order chi connectivity index (χ0) is 17.8. The smallest absolute Gasteiger partial charge is 0.412 e. The summed E-state index contributed by atoms with van der Waals surface area (Å²) in [6.45, 7) is 4.99. The number of ether oxygens (including phenoxy) is 3. The average molecular weight is 325 g/mol. The summed E-state index contributed by atoms with van der Waals surface area (Å²) in [5.74, 6) is -2.09. The van der Waals surface area contributed by atoms with Crippen molar-refractivity contribution >= 4 is 23.7 Å². The Morgan fingerprint density at radius 2 is 1.61 bits per heavy atom. The van der Waals surface area contributed by atoms with E-state index in [0.29, 0.717) is 0 Å². The van der Waals surface area contributed by atoms with E-state index in [1.807, 2.05) is 0 Å². The van der Waals surface area contributed by atoms with E-state index < -0.39 is 23.6 Å². The molecule has 0 saturated heterocycles. The third-order valence-corrected chi connectivity index (χ3v) is 2.55. The first-order valence-electron chi connectivity index (χ1n) is 6.62. The molecule has 1 aromatic carbocycles. The molecule has 0 atom stereocenters. The molecule has 126 valence electrons. The van der Waals surface area contributed by atoms with Crippen molar-refractivity contribution in [2.75, 3.05) is 19.5 Å². The number of nitrogens with one attached hydrogen (secondary N) is 1. The molecule has 2 N–H and O–H groups in total. The number of esters is 2. The molecule has 0 aromatic heterocycles. The van der Waals surface area contributed by atoms with Gasteiger partial charge in [-0.1, -0.05) is 0 Å². The fourth-order valence-corrected chi connectivity index (χ4v) is 1.73. The van der Waals surface area contributed by atoms with Crippen LogP contribution in [0, 0.1) is 0 Å². The van der Waals surface area contributed by atoms with E-state index in [1.165, 1.54) is 0 Å². The van der Waals surface area contributed by atoms with Crippen LogP contribution < -0.4 is 5.32 Å². The Morgan fingerprint density at radius 1 is 1.04 bits per heavy atom. The van der Waals surface area contributed by atoms with Crippen molar-refractivity contribution in [1.29, 1.82) is 0 Å². The van der Waals surface area contributed by atoms with Gasteiger partial charge in [-0.3, -0.25) is 5.32 Å².